The largest absolute Gasteiger partial charge is 0.501 e. The first-order valence-electron chi connectivity index (χ1n) is 27.2. The number of anilines is 3. The van der Waals surface area contributed by atoms with E-state index < -0.39 is 58.8 Å². The summed E-state index contributed by atoms with van der Waals surface area (Å²) in [6.45, 7) is 12.5. The molecule has 1 aliphatic carbocycles. The van der Waals surface area contributed by atoms with Crippen LogP contribution in [0.25, 0.3) is 5.57 Å². The number of hydrogen-bond donors (Lipinski definition) is 4. The zero-order valence-electron chi connectivity index (χ0n) is 45.3. The van der Waals surface area contributed by atoms with Crippen LogP contribution >= 0.6 is 23.4 Å². The zero-order valence-corrected chi connectivity index (χ0v) is 48.5. The number of thioether (sulfide) groups is 1. The lowest BCUT2D eigenvalue weighted by atomic mass is 9.73. The molecule has 3 aliphatic heterocycles. The number of nitrogens with one attached hydrogen (secondary N) is 4. The van der Waals surface area contributed by atoms with Gasteiger partial charge in [-0.1, -0.05) is 73.5 Å². The lowest BCUT2D eigenvalue weighted by Gasteiger charge is -2.39. The molecule has 4 aliphatic rings. The molecule has 3 heterocycles. The summed E-state index contributed by atoms with van der Waals surface area (Å²) in [5.74, 6) is -1.34. The number of piperidine rings is 1. The Bertz CT molecular complexity index is 3320. The number of allylic oxidation sites excluding steroid dienone is 1. The molecule has 9 rings (SSSR count). The van der Waals surface area contributed by atoms with E-state index in [1.54, 1.807) is 12.1 Å². The van der Waals surface area contributed by atoms with Gasteiger partial charge in [-0.25, -0.2) is 21.6 Å². The fourth-order valence-corrected chi connectivity index (χ4v) is 14.0. The number of alkyl halides is 3. The Morgan fingerprint density at radius 3 is 2.16 bits per heavy atom. The van der Waals surface area contributed by atoms with Gasteiger partial charge in [0.05, 0.1) is 10.6 Å². The van der Waals surface area contributed by atoms with E-state index in [4.69, 9.17) is 11.6 Å². The Balaban J connectivity index is 0.826. The van der Waals surface area contributed by atoms with Crippen LogP contribution in [-0.4, -0.2) is 138 Å². The molecule has 0 bridgehead atoms. The van der Waals surface area contributed by atoms with E-state index in [-0.39, 0.29) is 29.2 Å². The molecule has 22 heteroatoms. The third-order valence-electron chi connectivity index (χ3n) is 15.5. The predicted molar refractivity (Wildman–Crippen MR) is 313 cm³/mol. The zero-order chi connectivity index (χ0) is 57.5. The van der Waals surface area contributed by atoms with Gasteiger partial charge in [0.15, 0.2) is 0 Å². The van der Waals surface area contributed by atoms with Gasteiger partial charge in [-0.05, 0) is 133 Å². The van der Waals surface area contributed by atoms with Gasteiger partial charge in [-0.15, -0.1) is 11.8 Å². The first kappa shape index (κ1) is 59.7. The fraction of sp³-hybridized carbons (Fsp3) is 0.407. The molecular formula is C59H68ClF3N8O7S3. The molecule has 3 fully saturated rings. The third kappa shape index (κ3) is 15.6. The van der Waals surface area contributed by atoms with Crippen LogP contribution in [-0.2, 0) is 36.0 Å². The standard InChI is InChI=1S/C59H68ClF3N8O7S3/c1-58(2)25-23-51(42-11-15-45(60)16-12-42)44(37-58)39-70-31-33-71(34-32-70)48-17-13-43(14-18-48)56(73)67-81(77,78)50-19-20-52(54(36-50)80(75,76)59(61,62)63)65-47(40-79-49-9-4-3-5-10-49)24-26-68-27-29-69(30-28-68)38-41-7-6-8-46(35-41)64-53-21-22-55(72)66-57(53)74/h3-20,35-36,47,53,64-65H,21-34,37-40H2,1-2H3,(H,67,73)(H,66,72,74)/t47-,53?/m1/s1. The highest BCUT2D eigenvalue weighted by Crippen LogP contribution is 2.43. The summed E-state index contributed by atoms with van der Waals surface area (Å²) in [7, 11) is -11.0. The Kier molecular flexibility index (Phi) is 18.9. The van der Waals surface area contributed by atoms with Crippen LogP contribution in [0.4, 0.5) is 30.2 Å². The fourth-order valence-electron chi connectivity index (χ4n) is 10.9. The van der Waals surface area contributed by atoms with Crippen LogP contribution in [0.5, 0.6) is 0 Å². The number of nitrogens with zero attached hydrogens (tertiary/aromatic N) is 4. The maximum absolute atomic E-state index is 14.5. The van der Waals surface area contributed by atoms with Crippen molar-refractivity contribution in [1.29, 1.82) is 0 Å². The minimum atomic E-state index is -6.12. The van der Waals surface area contributed by atoms with Gasteiger partial charge in [0, 0.05) is 117 Å². The van der Waals surface area contributed by atoms with E-state index in [1.165, 1.54) is 40.6 Å². The lowest BCUT2D eigenvalue weighted by molar-refractivity contribution is -0.133. The first-order chi connectivity index (χ1) is 38.6. The van der Waals surface area contributed by atoms with Gasteiger partial charge >= 0.3 is 5.51 Å². The van der Waals surface area contributed by atoms with Crippen molar-refractivity contribution in [3.63, 3.8) is 0 Å². The molecule has 0 radical (unpaired) electrons. The monoisotopic (exact) mass is 1190 g/mol. The van der Waals surface area contributed by atoms with Crippen molar-refractivity contribution in [2.45, 2.75) is 91.2 Å². The molecular weight excluding hydrogens is 1120 g/mol. The normalized spacial score (nSPS) is 19.2. The number of carbonyl (C=O) groups excluding carboxylic acids is 3. The van der Waals surface area contributed by atoms with Crippen molar-refractivity contribution < 1.29 is 44.4 Å². The Morgan fingerprint density at radius 1 is 0.790 bits per heavy atom. The van der Waals surface area contributed by atoms with E-state index in [9.17, 15) is 44.4 Å². The van der Waals surface area contributed by atoms with Gasteiger partial charge in [0.25, 0.3) is 25.8 Å². The lowest BCUT2D eigenvalue weighted by Crippen LogP contribution is -2.47. The summed E-state index contributed by atoms with van der Waals surface area (Å²) in [6, 6.07) is 33.0. The van der Waals surface area contributed by atoms with E-state index in [0.717, 1.165) is 99.0 Å². The summed E-state index contributed by atoms with van der Waals surface area (Å²) >= 11 is 7.65. The van der Waals surface area contributed by atoms with Crippen molar-refractivity contribution in [2.75, 3.05) is 86.7 Å². The average molecular weight is 1190 g/mol. The third-order valence-corrected chi connectivity index (χ3v) is 19.7. The molecule has 3 amide bonds. The van der Waals surface area contributed by atoms with E-state index in [2.05, 4.69) is 61.5 Å². The molecule has 1 unspecified atom stereocenters. The summed E-state index contributed by atoms with van der Waals surface area (Å²) < 4.78 is 99.6. The number of benzene rings is 5. The summed E-state index contributed by atoms with van der Waals surface area (Å²) in [4.78, 5) is 45.4. The second-order valence-corrected chi connectivity index (χ2v) is 27.1. The Morgan fingerprint density at radius 2 is 1.47 bits per heavy atom. The topological polar surface area (TPSA) is 181 Å². The van der Waals surface area contributed by atoms with Gasteiger partial charge in [0.1, 0.15) is 10.9 Å². The number of carbonyl (C=O) groups is 3. The molecule has 81 heavy (non-hydrogen) atoms. The van der Waals surface area contributed by atoms with Crippen molar-refractivity contribution in [2.24, 2.45) is 5.41 Å². The highest BCUT2D eigenvalue weighted by atomic mass is 35.5. The molecule has 0 saturated carbocycles. The average Bonchev–Trinajstić information content (AvgIpc) is 3.56. The number of halogens is 4. The van der Waals surface area contributed by atoms with E-state index in [1.807, 2.05) is 71.5 Å². The van der Waals surface area contributed by atoms with Crippen LogP contribution in [0.1, 0.15) is 73.9 Å². The number of imide groups is 1. The molecule has 5 aromatic carbocycles. The molecule has 3 saturated heterocycles. The van der Waals surface area contributed by atoms with E-state index in [0.29, 0.717) is 55.9 Å². The second-order valence-electron chi connectivity index (χ2n) is 22.0. The SMILES string of the molecule is CC1(C)CCC(c2ccc(Cl)cc2)=C(CN2CCN(c3ccc(C(=O)NS(=O)(=O)c4ccc(N[C@H](CCN5CCN(Cc6cccc(NC7CCC(=O)NC7=O)c6)CC5)CSc5ccccc5)c(S(=O)(=O)C(F)(F)F)c4)cc3)CC2)C1. The van der Waals surface area contributed by atoms with E-state index >= 15 is 0 Å². The molecule has 0 spiro atoms. The van der Waals surface area contributed by atoms with Gasteiger partial charge < -0.3 is 20.4 Å². The summed E-state index contributed by atoms with van der Waals surface area (Å²) in [5.41, 5.74) is 0.659. The maximum atomic E-state index is 14.5. The van der Waals surface area contributed by atoms with Crippen LogP contribution in [0, 0.1) is 5.41 Å². The first-order valence-corrected chi connectivity index (χ1v) is 31.6. The molecule has 432 valence electrons. The number of rotatable bonds is 20. The van der Waals surface area contributed by atoms with Crippen molar-refractivity contribution in [3.05, 3.63) is 149 Å². The molecule has 15 nitrogen and oxygen atoms in total. The van der Waals surface area contributed by atoms with Crippen LogP contribution in [0.2, 0.25) is 5.02 Å². The number of amides is 3. The number of piperazine rings is 2. The minimum Gasteiger partial charge on any atom is -0.380 e. The van der Waals surface area contributed by atoms with Crippen molar-refractivity contribution in [1.82, 2.24) is 24.7 Å². The number of sulfone groups is 1. The van der Waals surface area contributed by atoms with Crippen LogP contribution in [0.15, 0.2) is 142 Å². The Labute approximate surface area is 482 Å². The summed E-state index contributed by atoms with van der Waals surface area (Å²) in [5, 5.41) is 9.35. The second kappa shape index (κ2) is 25.7. The molecule has 2 atom stereocenters. The number of hydrogen-bond acceptors (Lipinski definition) is 14. The molecule has 5 aromatic rings. The quantitative estimate of drug-likeness (QED) is 0.0427. The van der Waals surface area contributed by atoms with Crippen LogP contribution in [0.3, 0.4) is 0 Å². The van der Waals surface area contributed by atoms with Crippen molar-refractivity contribution >= 4 is 83.6 Å². The number of sulfonamides is 1. The smallest absolute Gasteiger partial charge is 0.380 e. The summed E-state index contributed by atoms with van der Waals surface area (Å²) in [6.07, 6.45) is 4.20. The highest BCUT2D eigenvalue weighted by molar-refractivity contribution is 7.99. The Hall–Kier alpha value is -5.94. The van der Waals surface area contributed by atoms with Gasteiger partial charge in [-0.2, -0.15) is 13.2 Å². The molecule has 4 N–H and O–H groups in total. The van der Waals surface area contributed by atoms with Crippen LogP contribution < -0.4 is 25.6 Å². The molecule has 0 aromatic heterocycles. The predicted octanol–water partition coefficient (Wildman–Crippen LogP) is 9.54. The van der Waals surface area contributed by atoms with Gasteiger partial charge in [0.2, 0.25) is 11.8 Å². The van der Waals surface area contributed by atoms with Gasteiger partial charge in [-0.3, -0.25) is 29.5 Å². The minimum absolute atomic E-state index is 0.0181. The maximum Gasteiger partial charge on any atom is 0.501 e. The van der Waals surface area contributed by atoms with Crippen molar-refractivity contribution in [3.8, 4) is 0 Å². The highest BCUT2D eigenvalue weighted by Gasteiger charge is 2.48.